The van der Waals surface area contributed by atoms with Gasteiger partial charge in [0.05, 0.1) is 17.1 Å². The second-order valence-corrected chi connectivity index (χ2v) is 4.62. The summed E-state index contributed by atoms with van der Waals surface area (Å²) >= 11 is 0. The molecule has 1 aromatic heterocycles. The first-order valence-corrected chi connectivity index (χ1v) is 5.43. The van der Waals surface area contributed by atoms with Crippen molar-refractivity contribution in [3.8, 4) is 0 Å². The van der Waals surface area contributed by atoms with Gasteiger partial charge in [0.2, 0.25) is 0 Å². The zero-order chi connectivity index (χ0) is 12.3. The van der Waals surface area contributed by atoms with Crippen LogP contribution in [0.2, 0.25) is 0 Å². The molecule has 1 fully saturated rings. The molecule has 0 aliphatic heterocycles. The Kier molecular flexibility index (Phi) is 1.89. The third-order valence-electron chi connectivity index (χ3n) is 3.59. The first-order chi connectivity index (χ1) is 7.94. The van der Waals surface area contributed by atoms with E-state index in [0.717, 1.165) is 10.9 Å². The van der Waals surface area contributed by atoms with E-state index in [0.29, 0.717) is 5.56 Å². The quantitative estimate of drug-likeness (QED) is 0.748. The number of fused-ring (bicyclic) bond motifs is 1. The van der Waals surface area contributed by atoms with Crippen LogP contribution in [0.1, 0.15) is 18.4 Å². The maximum atomic E-state index is 13.0. The number of hydrogen-bond donors (Lipinski definition) is 0. The van der Waals surface area contributed by atoms with Crippen molar-refractivity contribution in [2.75, 3.05) is 0 Å². The summed E-state index contributed by atoms with van der Waals surface area (Å²) in [6.07, 6.45) is -2.15. The molecule has 0 amide bonds. The first-order valence-electron chi connectivity index (χ1n) is 5.43. The van der Waals surface area contributed by atoms with Crippen LogP contribution in [0.3, 0.4) is 0 Å². The minimum absolute atomic E-state index is 0.197. The molecule has 2 aromatic rings. The Morgan fingerprint density at radius 2 is 2.00 bits per heavy atom. The Balaban J connectivity index is 2.13. The second kappa shape index (κ2) is 3.03. The van der Waals surface area contributed by atoms with Gasteiger partial charge in [0.1, 0.15) is 0 Å². The van der Waals surface area contributed by atoms with Gasteiger partial charge < -0.3 is 0 Å². The Hall–Kier alpha value is -1.52. The zero-order valence-electron chi connectivity index (χ0n) is 9.25. The molecule has 5 heteroatoms. The molecule has 0 spiro atoms. The van der Waals surface area contributed by atoms with E-state index < -0.39 is 11.6 Å². The molecule has 0 unspecified atom stereocenters. The fraction of sp³-hybridized carbons (Fsp3) is 0.417. The van der Waals surface area contributed by atoms with Crippen LogP contribution in [0.15, 0.2) is 24.4 Å². The molecule has 1 heterocycles. The number of alkyl halides is 3. The highest BCUT2D eigenvalue weighted by Gasteiger charge is 2.64. The Labute approximate surface area is 96.0 Å². The van der Waals surface area contributed by atoms with Crippen molar-refractivity contribution in [2.24, 2.45) is 7.05 Å². The molecule has 2 nitrogen and oxygen atoms in total. The Morgan fingerprint density at radius 3 is 2.59 bits per heavy atom. The SMILES string of the molecule is Cn1ncc2cc(C3(C(F)(F)F)CC3)ccc21. The summed E-state index contributed by atoms with van der Waals surface area (Å²) in [6.45, 7) is 0. The van der Waals surface area contributed by atoms with Gasteiger partial charge in [-0.1, -0.05) is 6.07 Å². The monoisotopic (exact) mass is 240 g/mol. The van der Waals surface area contributed by atoms with Crippen molar-refractivity contribution in [1.29, 1.82) is 0 Å². The summed E-state index contributed by atoms with van der Waals surface area (Å²) in [5.74, 6) is 0. The molecule has 1 aromatic carbocycles. The predicted molar refractivity (Wildman–Crippen MR) is 57.7 cm³/mol. The van der Waals surface area contributed by atoms with Gasteiger partial charge in [0.15, 0.2) is 0 Å². The second-order valence-electron chi connectivity index (χ2n) is 4.62. The lowest BCUT2D eigenvalue weighted by Crippen LogP contribution is -2.28. The number of nitrogens with zero attached hydrogens (tertiary/aromatic N) is 2. The largest absolute Gasteiger partial charge is 0.398 e. The first kappa shape index (κ1) is 10.6. The van der Waals surface area contributed by atoms with E-state index in [4.69, 9.17) is 0 Å². The Bertz CT molecular complexity index is 579. The van der Waals surface area contributed by atoms with Crippen LogP contribution in [0.5, 0.6) is 0 Å². The molecule has 0 saturated heterocycles. The van der Waals surface area contributed by atoms with E-state index >= 15 is 0 Å². The summed E-state index contributed by atoms with van der Waals surface area (Å²) in [6, 6.07) is 4.90. The highest BCUT2D eigenvalue weighted by Crippen LogP contribution is 2.59. The molecule has 1 aliphatic rings. The van der Waals surface area contributed by atoms with Crippen LogP contribution in [0.25, 0.3) is 10.9 Å². The van der Waals surface area contributed by atoms with Gasteiger partial charge in [0.25, 0.3) is 0 Å². The summed E-state index contributed by atoms with van der Waals surface area (Å²) in [5, 5.41) is 4.80. The van der Waals surface area contributed by atoms with Gasteiger partial charge in [-0.2, -0.15) is 18.3 Å². The van der Waals surface area contributed by atoms with Crippen LogP contribution in [0.4, 0.5) is 13.2 Å². The average Bonchev–Trinajstić information content (AvgIpc) is 3.00. The number of rotatable bonds is 1. The van der Waals surface area contributed by atoms with Crippen molar-refractivity contribution in [3.05, 3.63) is 30.0 Å². The molecule has 0 bridgehead atoms. The molecule has 17 heavy (non-hydrogen) atoms. The van der Waals surface area contributed by atoms with Crippen molar-refractivity contribution in [2.45, 2.75) is 24.4 Å². The third-order valence-corrected chi connectivity index (χ3v) is 3.59. The molecule has 1 saturated carbocycles. The van der Waals surface area contributed by atoms with Crippen LogP contribution >= 0.6 is 0 Å². The molecular formula is C12H11F3N2. The molecule has 0 radical (unpaired) electrons. The van der Waals surface area contributed by atoms with Gasteiger partial charge in [-0.3, -0.25) is 4.68 Å². The lowest BCUT2D eigenvalue weighted by atomic mass is 9.94. The summed E-state index contributed by atoms with van der Waals surface area (Å²) in [4.78, 5) is 0. The average molecular weight is 240 g/mol. The van der Waals surface area contributed by atoms with Gasteiger partial charge in [-0.15, -0.1) is 0 Å². The highest BCUT2D eigenvalue weighted by atomic mass is 19.4. The smallest absolute Gasteiger partial charge is 0.268 e. The van der Waals surface area contributed by atoms with Gasteiger partial charge in [0, 0.05) is 12.4 Å². The van der Waals surface area contributed by atoms with Crippen molar-refractivity contribution < 1.29 is 13.2 Å². The van der Waals surface area contributed by atoms with Crippen LogP contribution in [-0.2, 0) is 12.5 Å². The molecule has 90 valence electrons. The minimum atomic E-state index is -4.15. The number of benzene rings is 1. The van der Waals surface area contributed by atoms with Crippen molar-refractivity contribution in [1.82, 2.24) is 9.78 Å². The van der Waals surface area contributed by atoms with Gasteiger partial charge in [-0.05, 0) is 30.5 Å². The fourth-order valence-corrected chi connectivity index (χ4v) is 2.32. The summed E-state index contributed by atoms with van der Waals surface area (Å²) < 4.78 is 40.6. The minimum Gasteiger partial charge on any atom is -0.268 e. The molecule has 0 atom stereocenters. The lowest BCUT2D eigenvalue weighted by molar-refractivity contribution is -0.160. The van der Waals surface area contributed by atoms with Crippen LogP contribution in [-0.4, -0.2) is 16.0 Å². The van der Waals surface area contributed by atoms with E-state index in [1.54, 1.807) is 36.1 Å². The summed E-state index contributed by atoms with van der Waals surface area (Å²) in [7, 11) is 1.78. The van der Waals surface area contributed by atoms with E-state index in [-0.39, 0.29) is 12.8 Å². The van der Waals surface area contributed by atoms with E-state index in [1.807, 2.05) is 0 Å². The Morgan fingerprint density at radius 1 is 1.29 bits per heavy atom. The highest BCUT2D eigenvalue weighted by molar-refractivity contribution is 5.79. The van der Waals surface area contributed by atoms with Crippen LogP contribution < -0.4 is 0 Å². The molecule has 3 rings (SSSR count). The number of aromatic nitrogens is 2. The standard InChI is InChI=1S/C12H11F3N2/c1-17-10-3-2-9(6-8(10)7-16-17)11(4-5-11)12(13,14)15/h2-3,6-7H,4-5H2,1H3. The maximum Gasteiger partial charge on any atom is 0.398 e. The van der Waals surface area contributed by atoms with Gasteiger partial charge in [-0.25, -0.2) is 0 Å². The third kappa shape index (κ3) is 1.38. The maximum absolute atomic E-state index is 13.0. The zero-order valence-corrected chi connectivity index (χ0v) is 9.25. The topological polar surface area (TPSA) is 17.8 Å². The number of hydrogen-bond acceptors (Lipinski definition) is 1. The van der Waals surface area contributed by atoms with Crippen LogP contribution in [0, 0.1) is 0 Å². The molecule has 1 aliphatic carbocycles. The normalized spacial score (nSPS) is 18.6. The fourth-order valence-electron chi connectivity index (χ4n) is 2.32. The van der Waals surface area contributed by atoms with E-state index in [9.17, 15) is 13.2 Å². The van der Waals surface area contributed by atoms with Crippen molar-refractivity contribution in [3.63, 3.8) is 0 Å². The number of halogens is 3. The van der Waals surface area contributed by atoms with E-state index in [2.05, 4.69) is 5.10 Å². The van der Waals surface area contributed by atoms with Gasteiger partial charge >= 0.3 is 6.18 Å². The predicted octanol–water partition coefficient (Wildman–Crippen LogP) is 3.17. The number of aryl methyl sites for hydroxylation is 1. The lowest BCUT2D eigenvalue weighted by Gasteiger charge is -2.19. The molecule has 0 N–H and O–H groups in total. The van der Waals surface area contributed by atoms with Crippen molar-refractivity contribution >= 4 is 10.9 Å². The molecular weight excluding hydrogens is 229 g/mol. The van der Waals surface area contributed by atoms with E-state index in [1.165, 1.54) is 0 Å². The summed E-state index contributed by atoms with van der Waals surface area (Å²) in [5.41, 5.74) is -0.381.